The summed E-state index contributed by atoms with van der Waals surface area (Å²) in [7, 11) is 0. The van der Waals surface area contributed by atoms with Gasteiger partial charge in [-0.05, 0) is 17.9 Å². The van der Waals surface area contributed by atoms with Crippen molar-refractivity contribution in [2.45, 2.75) is 6.18 Å². The minimum atomic E-state index is -4.41. The Hall–Kier alpha value is -1.37. The maximum atomic E-state index is 12.6. The fourth-order valence-electron chi connectivity index (χ4n) is 2.68. The summed E-state index contributed by atoms with van der Waals surface area (Å²) >= 11 is 0. The van der Waals surface area contributed by atoms with Crippen molar-refractivity contribution >= 4 is 5.95 Å². The fraction of sp³-hybridized carbons (Fsp3) is 0.636. The van der Waals surface area contributed by atoms with Crippen molar-refractivity contribution in [3.8, 4) is 0 Å². The van der Waals surface area contributed by atoms with Crippen LogP contribution in [0.5, 0.6) is 0 Å². The van der Waals surface area contributed by atoms with E-state index in [4.69, 9.17) is 0 Å². The van der Waals surface area contributed by atoms with Crippen molar-refractivity contribution in [1.82, 2.24) is 15.3 Å². The van der Waals surface area contributed by atoms with Crippen molar-refractivity contribution in [3.63, 3.8) is 0 Å². The second kappa shape index (κ2) is 4.08. The van der Waals surface area contributed by atoms with Crippen LogP contribution in [0.15, 0.2) is 12.3 Å². The van der Waals surface area contributed by atoms with Gasteiger partial charge in [-0.15, -0.1) is 0 Å². The van der Waals surface area contributed by atoms with Gasteiger partial charge in [0, 0.05) is 32.4 Å². The van der Waals surface area contributed by atoms with Gasteiger partial charge in [-0.1, -0.05) is 0 Å². The largest absolute Gasteiger partial charge is 0.433 e. The van der Waals surface area contributed by atoms with E-state index in [2.05, 4.69) is 15.3 Å². The van der Waals surface area contributed by atoms with E-state index in [-0.39, 0.29) is 5.95 Å². The zero-order chi connectivity index (χ0) is 12.8. The summed E-state index contributed by atoms with van der Waals surface area (Å²) in [6.07, 6.45) is -3.23. The summed E-state index contributed by atoms with van der Waals surface area (Å²) in [6, 6.07) is 0.905. The second-order valence-electron chi connectivity index (χ2n) is 4.82. The predicted molar refractivity (Wildman–Crippen MR) is 59.1 cm³/mol. The molecular weight excluding hydrogens is 245 g/mol. The number of anilines is 1. The van der Waals surface area contributed by atoms with Gasteiger partial charge in [0.1, 0.15) is 5.69 Å². The van der Waals surface area contributed by atoms with Gasteiger partial charge in [0.2, 0.25) is 5.95 Å². The molecule has 3 rings (SSSR count). The Labute approximate surface area is 102 Å². The van der Waals surface area contributed by atoms with Gasteiger partial charge in [0.05, 0.1) is 0 Å². The van der Waals surface area contributed by atoms with Crippen molar-refractivity contribution in [2.24, 2.45) is 11.8 Å². The first kappa shape index (κ1) is 11.7. The molecular formula is C11H13F3N4. The van der Waals surface area contributed by atoms with Gasteiger partial charge in [-0.25, -0.2) is 9.97 Å². The first-order chi connectivity index (χ1) is 8.54. The highest BCUT2D eigenvalue weighted by molar-refractivity contribution is 5.33. The quantitative estimate of drug-likeness (QED) is 0.820. The minimum absolute atomic E-state index is 0.194. The van der Waals surface area contributed by atoms with E-state index >= 15 is 0 Å². The monoisotopic (exact) mass is 258 g/mol. The first-order valence-corrected chi connectivity index (χ1v) is 5.90. The normalized spacial score (nSPS) is 27.6. The van der Waals surface area contributed by atoms with E-state index in [0.717, 1.165) is 32.2 Å². The van der Waals surface area contributed by atoms with Crippen LogP contribution < -0.4 is 10.2 Å². The van der Waals surface area contributed by atoms with Crippen LogP contribution >= 0.6 is 0 Å². The van der Waals surface area contributed by atoms with Gasteiger partial charge in [0.25, 0.3) is 0 Å². The van der Waals surface area contributed by atoms with E-state index in [0.29, 0.717) is 11.8 Å². The Balaban J connectivity index is 1.81. The third kappa shape index (κ3) is 2.03. The maximum absolute atomic E-state index is 12.6. The SMILES string of the molecule is FC(F)(F)c1ccnc(N2C[C@H]3CNC[C@H]3C2)n1. The number of nitrogens with one attached hydrogen (secondary N) is 1. The smallest absolute Gasteiger partial charge is 0.340 e. The number of aromatic nitrogens is 2. The molecule has 0 unspecified atom stereocenters. The summed E-state index contributed by atoms with van der Waals surface area (Å²) in [5, 5.41) is 3.28. The molecule has 1 N–H and O–H groups in total. The van der Waals surface area contributed by atoms with Crippen LogP contribution in [0.2, 0.25) is 0 Å². The summed E-state index contributed by atoms with van der Waals surface area (Å²) < 4.78 is 37.7. The van der Waals surface area contributed by atoms with Crippen molar-refractivity contribution < 1.29 is 13.2 Å². The van der Waals surface area contributed by atoms with Crippen molar-refractivity contribution in [2.75, 3.05) is 31.1 Å². The fourth-order valence-corrected chi connectivity index (χ4v) is 2.68. The molecule has 0 aliphatic carbocycles. The van der Waals surface area contributed by atoms with E-state index < -0.39 is 11.9 Å². The molecule has 0 spiro atoms. The summed E-state index contributed by atoms with van der Waals surface area (Å²) in [5.41, 5.74) is -0.873. The highest BCUT2D eigenvalue weighted by Crippen LogP contribution is 2.31. The molecule has 7 heteroatoms. The highest BCUT2D eigenvalue weighted by Gasteiger charge is 2.38. The van der Waals surface area contributed by atoms with Crippen LogP contribution in [0, 0.1) is 11.8 Å². The van der Waals surface area contributed by atoms with Gasteiger partial charge in [-0.3, -0.25) is 0 Å². The molecule has 0 bridgehead atoms. The van der Waals surface area contributed by atoms with Gasteiger partial charge in [-0.2, -0.15) is 13.2 Å². The topological polar surface area (TPSA) is 41.1 Å². The Morgan fingerprint density at radius 3 is 2.50 bits per heavy atom. The van der Waals surface area contributed by atoms with Gasteiger partial charge >= 0.3 is 6.18 Å². The predicted octanol–water partition coefficient (Wildman–Crippen LogP) is 1.15. The number of nitrogens with zero attached hydrogens (tertiary/aromatic N) is 3. The van der Waals surface area contributed by atoms with Crippen LogP contribution in [0.1, 0.15) is 5.69 Å². The standard InChI is InChI=1S/C11H13F3N4/c12-11(13,14)9-1-2-16-10(17-9)18-5-7-3-15-4-8(7)6-18/h1-2,7-8,15H,3-6H2/t7-,8+. The average molecular weight is 258 g/mol. The lowest BCUT2D eigenvalue weighted by atomic mass is 10.0. The molecule has 1 aromatic rings. The number of alkyl halides is 3. The number of hydrogen-bond acceptors (Lipinski definition) is 4. The molecule has 2 aliphatic heterocycles. The molecule has 0 aromatic carbocycles. The highest BCUT2D eigenvalue weighted by atomic mass is 19.4. The molecule has 18 heavy (non-hydrogen) atoms. The lowest BCUT2D eigenvalue weighted by Crippen LogP contribution is -2.27. The molecule has 2 saturated heterocycles. The maximum Gasteiger partial charge on any atom is 0.433 e. The Bertz CT molecular complexity index is 436. The van der Waals surface area contributed by atoms with Crippen LogP contribution in [0.3, 0.4) is 0 Å². The molecule has 2 aliphatic rings. The lowest BCUT2D eigenvalue weighted by molar-refractivity contribution is -0.141. The molecule has 0 saturated carbocycles. The van der Waals surface area contributed by atoms with Crippen LogP contribution in [-0.2, 0) is 6.18 Å². The van der Waals surface area contributed by atoms with Crippen LogP contribution in [-0.4, -0.2) is 36.1 Å². The van der Waals surface area contributed by atoms with E-state index in [1.807, 2.05) is 4.90 Å². The molecule has 2 atom stereocenters. The molecule has 0 radical (unpaired) electrons. The minimum Gasteiger partial charge on any atom is -0.340 e. The zero-order valence-corrected chi connectivity index (χ0v) is 9.61. The average Bonchev–Trinajstić information content (AvgIpc) is 2.88. The molecule has 4 nitrogen and oxygen atoms in total. The van der Waals surface area contributed by atoms with Crippen LogP contribution in [0.4, 0.5) is 19.1 Å². The van der Waals surface area contributed by atoms with E-state index in [1.165, 1.54) is 6.20 Å². The second-order valence-corrected chi connectivity index (χ2v) is 4.82. The van der Waals surface area contributed by atoms with Crippen molar-refractivity contribution in [1.29, 1.82) is 0 Å². The number of rotatable bonds is 1. The summed E-state index contributed by atoms with van der Waals surface area (Å²) in [4.78, 5) is 9.43. The van der Waals surface area contributed by atoms with E-state index in [1.54, 1.807) is 0 Å². The molecule has 2 fully saturated rings. The molecule has 1 aromatic heterocycles. The number of halogens is 3. The number of fused-ring (bicyclic) bond motifs is 1. The Kier molecular flexibility index (Phi) is 2.65. The Morgan fingerprint density at radius 2 is 1.89 bits per heavy atom. The summed E-state index contributed by atoms with van der Waals surface area (Å²) in [6.45, 7) is 3.33. The first-order valence-electron chi connectivity index (χ1n) is 5.90. The third-order valence-electron chi connectivity index (χ3n) is 3.61. The van der Waals surface area contributed by atoms with E-state index in [9.17, 15) is 13.2 Å². The van der Waals surface area contributed by atoms with Gasteiger partial charge < -0.3 is 10.2 Å². The zero-order valence-electron chi connectivity index (χ0n) is 9.61. The van der Waals surface area contributed by atoms with Gasteiger partial charge in [0.15, 0.2) is 0 Å². The van der Waals surface area contributed by atoms with Crippen LogP contribution in [0.25, 0.3) is 0 Å². The molecule has 3 heterocycles. The summed E-state index contributed by atoms with van der Waals surface area (Å²) in [5.74, 6) is 1.20. The van der Waals surface area contributed by atoms with Crippen molar-refractivity contribution in [3.05, 3.63) is 18.0 Å². The Morgan fingerprint density at radius 1 is 1.22 bits per heavy atom. The molecule has 98 valence electrons. The molecule has 0 amide bonds. The third-order valence-corrected chi connectivity index (χ3v) is 3.61. The lowest BCUT2D eigenvalue weighted by Gasteiger charge is -2.18. The number of hydrogen-bond donors (Lipinski definition) is 1.